The summed E-state index contributed by atoms with van der Waals surface area (Å²) in [5.74, 6) is -1.22. The monoisotopic (exact) mass is 407 g/mol. The first-order valence-electron chi connectivity index (χ1n) is 9.73. The molecule has 2 aromatic carbocycles. The first-order valence-corrected chi connectivity index (χ1v) is 9.73. The summed E-state index contributed by atoms with van der Waals surface area (Å²) >= 11 is 0. The van der Waals surface area contributed by atoms with Crippen LogP contribution in [-0.4, -0.2) is 23.9 Å². The van der Waals surface area contributed by atoms with Gasteiger partial charge in [-0.3, -0.25) is 9.59 Å². The van der Waals surface area contributed by atoms with Crippen molar-refractivity contribution in [2.75, 3.05) is 10.6 Å². The lowest BCUT2D eigenvalue weighted by Gasteiger charge is -2.18. The highest BCUT2D eigenvalue weighted by Crippen LogP contribution is 2.26. The van der Waals surface area contributed by atoms with E-state index in [0.29, 0.717) is 11.4 Å². The first-order chi connectivity index (χ1) is 14.3. The molecule has 156 valence electrons. The number of carbonyl (C=O) groups excluding carboxylic acids is 3. The number of esters is 1. The molecule has 2 aromatic rings. The summed E-state index contributed by atoms with van der Waals surface area (Å²) in [5.41, 5.74) is 2.44. The highest BCUT2D eigenvalue weighted by molar-refractivity contribution is 5.98. The van der Waals surface area contributed by atoms with E-state index in [4.69, 9.17) is 10.00 Å². The van der Waals surface area contributed by atoms with Crippen LogP contribution in [0.3, 0.4) is 0 Å². The topological polar surface area (TPSA) is 108 Å². The van der Waals surface area contributed by atoms with Gasteiger partial charge >= 0.3 is 5.97 Å². The van der Waals surface area contributed by atoms with Gasteiger partial charge in [0.2, 0.25) is 5.91 Å². The molecule has 30 heavy (non-hydrogen) atoms. The zero-order chi connectivity index (χ0) is 22.1. The van der Waals surface area contributed by atoms with E-state index >= 15 is 0 Å². The molecule has 7 heteroatoms. The fourth-order valence-electron chi connectivity index (χ4n) is 2.74. The SMILES string of the molecule is CC[C@@H](C)c1ccccc1NC(=O)[C@H](C)OC(=O)c1ccc(NC(=O)CC#N)cc1. The van der Waals surface area contributed by atoms with Gasteiger partial charge < -0.3 is 15.4 Å². The molecule has 0 aromatic heterocycles. The number of para-hydroxylation sites is 1. The van der Waals surface area contributed by atoms with Gasteiger partial charge in [0.15, 0.2) is 6.10 Å². The molecule has 0 fully saturated rings. The van der Waals surface area contributed by atoms with Crippen molar-refractivity contribution < 1.29 is 19.1 Å². The number of amides is 2. The molecule has 0 heterocycles. The number of hydrogen-bond acceptors (Lipinski definition) is 5. The van der Waals surface area contributed by atoms with Gasteiger partial charge in [-0.2, -0.15) is 5.26 Å². The summed E-state index contributed by atoms with van der Waals surface area (Å²) in [6.07, 6.45) is -0.307. The van der Waals surface area contributed by atoms with Gasteiger partial charge in [-0.25, -0.2) is 4.79 Å². The molecule has 0 saturated heterocycles. The van der Waals surface area contributed by atoms with E-state index in [1.54, 1.807) is 6.07 Å². The zero-order valence-corrected chi connectivity index (χ0v) is 17.3. The maximum absolute atomic E-state index is 12.5. The molecule has 0 bridgehead atoms. The number of benzene rings is 2. The molecule has 0 aliphatic rings. The minimum absolute atomic E-state index is 0.243. The Bertz CT molecular complexity index is 948. The number of ether oxygens (including phenoxy) is 1. The van der Waals surface area contributed by atoms with Crippen LogP contribution in [0.4, 0.5) is 11.4 Å². The van der Waals surface area contributed by atoms with Gasteiger partial charge in [-0.1, -0.05) is 32.0 Å². The maximum Gasteiger partial charge on any atom is 0.338 e. The molecule has 0 spiro atoms. The van der Waals surface area contributed by atoms with Gasteiger partial charge in [0.1, 0.15) is 6.42 Å². The number of hydrogen-bond donors (Lipinski definition) is 2. The quantitative estimate of drug-likeness (QED) is 0.637. The highest BCUT2D eigenvalue weighted by atomic mass is 16.5. The van der Waals surface area contributed by atoms with E-state index in [2.05, 4.69) is 24.5 Å². The molecule has 0 aliphatic carbocycles. The second-order valence-electron chi connectivity index (χ2n) is 6.89. The highest BCUT2D eigenvalue weighted by Gasteiger charge is 2.20. The normalized spacial score (nSPS) is 12.2. The molecule has 2 rings (SSSR count). The van der Waals surface area contributed by atoms with Gasteiger partial charge in [0.05, 0.1) is 11.6 Å². The van der Waals surface area contributed by atoms with Crippen molar-refractivity contribution in [2.45, 2.75) is 45.6 Å². The van der Waals surface area contributed by atoms with E-state index in [1.165, 1.54) is 31.2 Å². The first kappa shape index (κ1) is 22.6. The summed E-state index contributed by atoms with van der Waals surface area (Å²) < 4.78 is 5.28. The number of nitrogens with one attached hydrogen (secondary N) is 2. The largest absolute Gasteiger partial charge is 0.449 e. The van der Waals surface area contributed by atoms with Gasteiger partial charge in [-0.15, -0.1) is 0 Å². The zero-order valence-electron chi connectivity index (χ0n) is 17.3. The number of nitriles is 1. The third kappa shape index (κ3) is 6.17. The Labute approximate surface area is 176 Å². The van der Waals surface area contributed by atoms with Crippen LogP contribution in [-0.2, 0) is 14.3 Å². The summed E-state index contributed by atoms with van der Waals surface area (Å²) in [6.45, 7) is 5.67. The smallest absolute Gasteiger partial charge is 0.338 e. The van der Waals surface area contributed by atoms with Crippen LogP contribution >= 0.6 is 0 Å². The third-order valence-electron chi connectivity index (χ3n) is 4.66. The Balaban J connectivity index is 1.98. The van der Waals surface area contributed by atoms with Gasteiger partial charge in [0, 0.05) is 11.4 Å². The molecule has 2 amide bonds. The summed E-state index contributed by atoms with van der Waals surface area (Å²) in [7, 11) is 0. The van der Waals surface area contributed by atoms with Crippen molar-refractivity contribution in [3.05, 3.63) is 59.7 Å². The lowest BCUT2D eigenvalue weighted by Crippen LogP contribution is -2.30. The molecular weight excluding hydrogens is 382 g/mol. The van der Waals surface area contributed by atoms with Crippen LogP contribution in [0.25, 0.3) is 0 Å². The molecule has 2 atom stereocenters. The van der Waals surface area contributed by atoms with Crippen molar-refractivity contribution >= 4 is 29.2 Å². The van der Waals surface area contributed by atoms with Crippen LogP contribution < -0.4 is 10.6 Å². The average molecular weight is 407 g/mol. The second-order valence-corrected chi connectivity index (χ2v) is 6.89. The Morgan fingerprint density at radius 2 is 1.70 bits per heavy atom. The summed E-state index contributed by atoms with van der Waals surface area (Å²) in [5, 5.41) is 13.9. The summed E-state index contributed by atoms with van der Waals surface area (Å²) in [4.78, 5) is 36.3. The van der Waals surface area contributed by atoms with Crippen molar-refractivity contribution in [2.24, 2.45) is 0 Å². The summed E-state index contributed by atoms with van der Waals surface area (Å²) in [6, 6.07) is 15.3. The maximum atomic E-state index is 12.5. The Morgan fingerprint density at radius 3 is 2.33 bits per heavy atom. The fraction of sp³-hybridized carbons (Fsp3) is 0.304. The van der Waals surface area contributed by atoms with Crippen LogP contribution in [0.5, 0.6) is 0 Å². The predicted molar refractivity (Wildman–Crippen MR) is 114 cm³/mol. The van der Waals surface area contributed by atoms with Crippen LogP contribution in [0.15, 0.2) is 48.5 Å². The minimum Gasteiger partial charge on any atom is -0.449 e. The second kappa shape index (κ2) is 10.8. The fourth-order valence-corrected chi connectivity index (χ4v) is 2.74. The van der Waals surface area contributed by atoms with E-state index in [-0.39, 0.29) is 17.9 Å². The Hall–Kier alpha value is -3.66. The lowest BCUT2D eigenvalue weighted by atomic mass is 9.97. The van der Waals surface area contributed by atoms with Gasteiger partial charge in [0.25, 0.3) is 5.91 Å². The molecule has 0 unspecified atom stereocenters. The van der Waals surface area contributed by atoms with Gasteiger partial charge in [-0.05, 0) is 55.2 Å². The third-order valence-corrected chi connectivity index (χ3v) is 4.66. The Kier molecular flexibility index (Phi) is 8.12. The van der Waals surface area contributed by atoms with Crippen molar-refractivity contribution in [1.29, 1.82) is 5.26 Å². The predicted octanol–water partition coefficient (Wildman–Crippen LogP) is 4.24. The number of rotatable bonds is 8. The number of nitrogens with zero attached hydrogens (tertiary/aromatic N) is 1. The number of anilines is 2. The molecule has 0 radical (unpaired) electrons. The van der Waals surface area contributed by atoms with E-state index in [1.807, 2.05) is 24.3 Å². The molecule has 7 nitrogen and oxygen atoms in total. The van der Waals surface area contributed by atoms with Crippen LogP contribution in [0, 0.1) is 11.3 Å². The average Bonchev–Trinajstić information content (AvgIpc) is 2.74. The molecule has 2 N–H and O–H groups in total. The standard InChI is InChI=1S/C23H25N3O4/c1-4-15(2)19-7-5-6-8-20(19)26-22(28)16(3)30-23(29)17-9-11-18(12-10-17)25-21(27)13-14-24/h5-12,15-16H,4,13H2,1-3H3,(H,25,27)(H,26,28)/t15-,16+/m1/s1. The Morgan fingerprint density at radius 1 is 1.03 bits per heavy atom. The lowest BCUT2D eigenvalue weighted by molar-refractivity contribution is -0.123. The van der Waals surface area contributed by atoms with E-state index in [9.17, 15) is 14.4 Å². The molecular formula is C23H25N3O4. The van der Waals surface area contributed by atoms with E-state index < -0.39 is 23.9 Å². The van der Waals surface area contributed by atoms with Crippen LogP contribution in [0.2, 0.25) is 0 Å². The van der Waals surface area contributed by atoms with Crippen molar-refractivity contribution in [1.82, 2.24) is 0 Å². The minimum atomic E-state index is -0.988. The van der Waals surface area contributed by atoms with E-state index in [0.717, 1.165) is 12.0 Å². The number of carbonyl (C=O) groups is 3. The van der Waals surface area contributed by atoms with Crippen molar-refractivity contribution in [3.63, 3.8) is 0 Å². The van der Waals surface area contributed by atoms with Crippen molar-refractivity contribution in [3.8, 4) is 6.07 Å². The molecule has 0 aliphatic heterocycles. The van der Waals surface area contributed by atoms with Crippen LogP contribution in [0.1, 0.15) is 55.5 Å². The molecule has 0 saturated carbocycles.